The quantitative estimate of drug-likeness (QED) is 0.532. The number of aromatic nitrogens is 1. The third-order valence-corrected chi connectivity index (χ3v) is 1.52. The van der Waals surface area contributed by atoms with Gasteiger partial charge in [0.25, 0.3) is 0 Å². The SMILES string of the molecule is COc1[c-]c(C)c(Cl)cn1.[Cu+]. The molecule has 0 amide bonds. The molecule has 0 N–H and O–H groups in total. The number of methoxy groups -OCH3 is 1. The first-order chi connectivity index (χ1) is 4.74. The monoisotopic (exact) mass is 219 g/mol. The van der Waals surface area contributed by atoms with Gasteiger partial charge in [-0.25, -0.2) is 11.6 Å². The first kappa shape index (κ1) is 10.8. The molecule has 0 fully saturated rings. The molecule has 64 valence electrons. The van der Waals surface area contributed by atoms with E-state index in [0.29, 0.717) is 10.9 Å². The minimum absolute atomic E-state index is 0. The summed E-state index contributed by atoms with van der Waals surface area (Å²) in [6.45, 7) is 1.85. The van der Waals surface area contributed by atoms with E-state index in [9.17, 15) is 0 Å². The average Bonchev–Trinajstić information content (AvgIpc) is 1.95. The van der Waals surface area contributed by atoms with Crippen LogP contribution < -0.4 is 4.74 Å². The van der Waals surface area contributed by atoms with Crippen LogP contribution >= 0.6 is 11.6 Å². The van der Waals surface area contributed by atoms with Crippen molar-refractivity contribution in [2.45, 2.75) is 6.92 Å². The van der Waals surface area contributed by atoms with Gasteiger partial charge in [-0.15, -0.1) is 0 Å². The van der Waals surface area contributed by atoms with E-state index in [1.807, 2.05) is 6.92 Å². The Hall–Kier alpha value is -0.241. The van der Waals surface area contributed by atoms with Crippen molar-refractivity contribution in [1.82, 2.24) is 4.98 Å². The van der Waals surface area contributed by atoms with Crippen molar-refractivity contribution in [2.24, 2.45) is 0 Å². The maximum absolute atomic E-state index is 5.69. The summed E-state index contributed by atoms with van der Waals surface area (Å²) >= 11 is 5.69. The van der Waals surface area contributed by atoms with Crippen molar-refractivity contribution in [3.63, 3.8) is 0 Å². The van der Waals surface area contributed by atoms with Crippen LogP contribution in [0.5, 0.6) is 5.88 Å². The summed E-state index contributed by atoms with van der Waals surface area (Å²) < 4.78 is 4.82. The Bertz CT molecular complexity index is 242. The zero-order valence-corrected chi connectivity index (χ0v) is 7.81. The van der Waals surface area contributed by atoms with Crippen molar-refractivity contribution in [1.29, 1.82) is 0 Å². The van der Waals surface area contributed by atoms with Crippen LogP contribution in [0.4, 0.5) is 0 Å². The fourth-order valence-corrected chi connectivity index (χ4v) is 0.664. The van der Waals surface area contributed by atoms with Gasteiger partial charge in [-0.1, -0.05) is 11.9 Å². The predicted molar refractivity (Wildman–Crippen MR) is 39.4 cm³/mol. The number of pyridine rings is 1. The van der Waals surface area contributed by atoms with Gasteiger partial charge in [0, 0.05) is 0 Å². The van der Waals surface area contributed by atoms with E-state index < -0.39 is 0 Å². The van der Waals surface area contributed by atoms with Crippen molar-refractivity contribution >= 4 is 11.6 Å². The van der Waals surface area contributed by atoms with Gasteiger partial charge in [0.1, 0.15) is 5.88 Å². The number of hydrogen-bond donors (Lipinski definition) is 0. The summed E-state index contributed by atoms with van der Waals surface area (Å²) in [5.41, 5.74) is 0.855. The molecule has 11 heavy (non-hydrogen) atoms. The van der Waals surface area contributed by atoms with E-state index in [0.717, 1.165) is 5.56 Å². The van der Waals surface area contributed by atoms with E-state index in [4.69, 9.17) is 16.3 Å². The van der Waals surface area contributed by atoms with Gasteiger partial charge < -0.3 is 4.74 Å². The summed E-state index contributed by atoms with van der Waals surface area (Å²) in [4.78, 5) is 3.85. The van der Waals surface area contributed by atoms with Gasteiger partial charge in [-0.05, 0) is 6.20 Å². The zero-order chi connectivity index (χ0) is 7.56. The molecular weight excluding hydrogens is 213 g/mol. The molecule has 0 aliphatic carbocycles. The van der Waals surface area contributed by atoms with Crippen LogP contribution in [0.15, 0.2) is 6.20 Å². The van der Waals surface area contributed by atoms with Crippen LogP contribution in [0, 0.1) is 13.0 Å². The number of halogens is 1. The molecule has 1 rings (SSSR count). The number of nitrogens with zero attached hydrogens (tertiary/aromatic N) is 1. The van der Waals surface area contributed by atoms with Crippen molar-refractivity contribution < 1.29 is 21.8 Å². The van der Waals surface area contributed by atoms with Crippen molar-refractivity contribution in [2.75, 3.05) is 7.11 Å². The first-order valence-electron chi connectivity index (χ1n) is 2.82. The Balaban J connectivity index is 0.000001000. The second kappa shape index (κ2) is 4.60. The molecule has 1 aromatic rings. The smallest absolute Gasteiger partial charge is 0.497 e. The van der Waals surface area contributed by atoms with Crippen LogP contribution in [0.2, 0.25) is 5.02 Å². The normalized spacial score (nSPS) is 8.64. The van der Waals surface area contributed by atoms with Crippen LogP contribution in [0.1, 0.15) is 5.56 Å². The Morgan fingerprint density at radius 2 is 2.27 bits per heavy atom. The van der Waals surface area contributed by atoms with Gasteiger partial charge in [-0.2, -0.15) is 11.6 Å². The standard InChI is InChI=1S/C7H7ClNO.Cu/c1-5-3-7(10-2)9-4-6(5)8;/h4H,1-2H3;/q-1;+1. The molecule has 0 radical (unpaired) electrons. The molecule has 4 heteroatoms. The molecule has 0 saturated carbocycles. The molecule has 2 nitrogen and oxygen atoms in total. The molecule has 0 saturated heterocycles. The van der Waals surface area contributed by atoms with E-state index in [2.05, 4.69) is 11.1 Å². The van der Waals surface area contributed by atoms with Crippen LogP contribution in [0.25, 0.3) is 0 Å². The second-order valence-electron chi connectivity index (χ2n) is 1.87. The van der Waals surface area contributed by atoms with Crippen LogP contribution in [-0.4, -0.2) is 12.1 Å². The molecular formula is C7H7ClCuNO. The maximum atomic E-state index is 5.69. The van der Waals surface area contributed by atoms with Gasteiger partial charge in [-0.3, -0.25) is 4.98 Å². The number of aryl methyl sites for hydroxylation is 1. The molecule has 0 bridgehead atoms. The van der Waals surface area contributed by atoms with E-state index >= 15 is 0 Å². The summed E-state index contributed by atoms with van der Waals surface area (Å²) in [6.07, 6.45) is 1.55. The maximum Gasteiger partial charge on any atom is 1.00 e. The fourth-order valence-electron chi connectivity index (χ4n) is 0.568. The van der Waals surface area contributed by atoms with Crippen LogP contribution in [0.3, 0.4) is 0 Å². The molecule has 0 aromatic carbocycles. The van der Waals surface area contributed by atoms with Crippen LogP contribution in [-0.2, 0) is 17.1 Å². The number of hydrogen-bond acceptors (Lipinski definition) is 2. The fraction of sp³-hybridized carbons (Fsp3) is 0.286. The molecule has 1 heterocycles. The van der Waals surface area contributed by atoms with Crippen molar-refractivity contribution in [3.8, 4) is 5.88 Å². The van der Waals surface area contributed by atoms with E-state index in [1.54, 1.807) is 13.3 Å². The number of rotatable bonds is 1. The van der Waals surface area contributed by atoms with E-state index in [1.165, 1.54) is 0 Å². The third-order valence-electron chi connectivity index (χ3n) is 1.14. The zero-order valence-electron chi connectivity index (χ0n) is 6.11. The second-order valence-corrected chi connectivity index (χ2v) is 2.27. The Kier molecular flexibility index (Phi) is 4.50. The predicted octanol–water partition coefficient (Wildman–Crippen LogP) is 1.85. The van der Waals surface area contributed by atoms with Gasteiger partial charge in [0.05, 0.1) is 7.11 Å². The molecule has 0 spiro atoms. The summed E-state index contributed by atoms with van der Waals surface area (Å²) in [7, 11) is 1.55. The minimum Gasteiger partial charge on any atom is -0.497 e. The molecule has 0 aliphatic rings. The van der Waals surface area contributed by atoms with Gasteiger partial charge in [0.15, 0.2) is 0 Å². The first-order valence-corrected chi connectivity index (χ1v) is 3.20. The topological polar surface area (TPSA) is 22.1 Å². The number of ether oxygens (including phenoxy) is 1. The Labute approximate surface area is 81.4 Å². The summed E-state index contributed by atoms with van der Waals surface area (Å²) in [6, 6.07) is 2.86. The molecule has 1 aromatic heterocycles. The summed E-state index contributed by atoms with van der Waals surface area (Å²) in [5, 5.41) is 0.612. The van der Waals surface area contributed by atoms with Crippen molar-refractivity contribution in [3.05, 3.63) is 22.8 Å². The Morgan fingerprint density at radius 3 is 2.73 bits per heavy atom. The molecule has 0 aliphatic heterocycles. The molecule has 0 unspecified atom stereocenters. The van der Waals surface area contributed by atoms with E-state index in [-0.39, 0.29) is 17.1 Å². The Morgan fingerprint density at radius 1 is 1.64 bits per heavy atom. The van der Waals surface area contributed by atoms with Gasteiger partial charge >= 0.3 is 17.1 Å². The molecule has 0 atom stereocenters. The minimum atomic E-state index is 0. The summed E-state index contributed by atoms with van der Waals surface area (Å²) in [5.74, 6) is 0.474. The average molecular weight is 220 g/mol. The van der Waals surface area contributed by atoms with Gasteiger partial charge in [0.2, 0.25) is 0 Å². The third kappa shape index (κ3) is 2.70. The largest absolute Gasteiger partial charge is 1.00 e.